The van der Waals surface area contributed by atoms with Gasteiger partial charge in [-0.25, -0.2) is 9.59 Å². The van der Waals surface area contributed by atoms with Crippen LogP contribution in [0.3, 0.4) is 0 Å². The van der Waals surface area contributed by atoms with Gasteiger partial charge in [0, 0.05) is 11.6 Å². The quantitative estimate of drug-likeness (QED) is 0.456. The summed E-state index contributed by atoms with van der Waals surface area (Å²) in [6, 6.07) is 0. The fourth-order valence-electron chi connectivity index (χ4n) is 1.08. The highest BCUT2D eigenvalue weighted by Crippen LogP contribution is 2.21. The first-order chi connectivity index (χ1) is 6.97. The average Bonchev–Trinajstić information content (AvgIpc) is 2.54. The molecule has 1 aliphatic rings. The van der Waals surface area contributed by atoms with Crippen LogP contribution in [0, 0.1) is 0 Å². The van der Waals surface area contributed by atoms with Crippen molar-refractivity contribution in [2.45, 2.75) is 12.4 Å². The van der Waals surface area contributed by atoms with E-state index in [1.165, 1.54) is 0 Å². The SMILES string of the molecule is C=C(C(=O)OC)C(O)C1=CC(=O)OC1O. The lowest BCUT2D eigenvalue weighted by molar-refractivity contribution is -0.151. The van der Waals surface area contributed by atoms with Gasteiger partial charge in [0.25, 0.3) is 0 Å². The fourth-order valence-corrected chi connectivity index (χ4v) is 1.08. The third kappa shape index (κ3) is 2.23. The molecule has 0 bridgehead atoms. The highest BCUT2D eigenvalue weighted by Gasteiger charge is 2.32. The van der Waals surface area contributed by atoms with Crippen molar-refractivity contribution in [3.8, 4) is 0 Å². The number of esters is 2. The molecule has 0 aromatic carbocycles. The number of hydrogen-bond acceptors (Lipinski definition) is 6. The summed E-state index contributed by atoms with van der Waals surface area (Å²) in [5.41, 5.74) is -0.406. The topological polar surface area (TPSA) is 93.1 Å². The number of carbonyl (C=O) groups excluding carboxylic acids is 2. The van der Waals surface area contributed by atoms with Crippen LogP contribution in [-0.4, -0.2) is 41.7 Å². The molecule has 0 aromatic heterocycles. The third-order valence-corrected chi connectivity index (χ3v) is 1.89. The summed E-state index contributed by atoms with van der Waals surface area (Å²) in [7, 11) is 1.13. The summed E-state index contributed by atoms with van der Waals surface area (Å²) in [4.78, 5) is 21.7. The van der Waals surface area contributed by atoms with Crippen molar-refractivity contribution in [2.75, 3.05) is 7.11 Å². The van der Waals surface area contributed by atoms with Crippen molar-refractivity contribution in [2.24, 2.45) is 0 Å². The Balaban J connectivity index is 2.81. The lowest BCUT2D eigenvalue weighted by Crippen LogP contribution is -2.26. The number of ether oxygens (including phenoxy) is 2. The zero-order valence-electron chi connectivity index (χ0n) is 7.97. The van der Waals surface area contributed by atoms with Gasteiger partial charge in [0.2, 0.25) is 6.29 Å². The number of cyclic esters (lactones) is 1. The van der Waals surface area contributed by atoms with Crippen molar-refractivity contribution < 1.29 is 29.3 Å². The minimum Gasteiger partial charge on any atom is -0.466 e. The van der Waals surface area contributed by atoms with Gasteiger partial charge >= 0.3 is 11.9 Å². The van der Waals surface area contributed by atoms with Gasteiger partial charge in [0.15, 0.2) is 0 Å². The van der Waals surface area contributed by atoms with Gasteiger partial charge in [0.05, 0.1) is 12.7 Å². The van der Waals surface area contributed by atoms with Gasteiger partial charge in [0.1, 0.15) is 6.10 Å². The molecule has 6 nitrogen and oxygen atoms in total. The number of aliphatic hydroxyl groups excluding tert-OH is 2. The van der Waals surface area contributed by atoms with E-state index in [-0.39, 0.29) is 11.1 Å². The Bertz CT molecular complexity index is 343. The number of rotatable bonds is 3. The number of hydrogen-bond donors (Lipinski definition) is 2. The van der Waals surface area contributed by atoms with Gasteiger partial charge in [-0.1, -0.05) is 6.58 Å². The molecule has 1 aliphatic heterocycles. The molecular formula is C9H10O6. The Morgan fingerprint density at radius 3 is 2.73 bits per heavy atom. The van der Waals surface area contributed by atoms with E-state index < -0.39 is 24.3 Å². The molecule has 0 spiro atoms. The van der Waals surface area contributed by atoms with Crippen molar-refractivity contribution in [1.82, 2.24) is 0 Å². The van der Waals surface area contributed by atoms with Gasteiger partial charge in [-0.15, -0.1) is 0 Å². The van der Waals surface area contributed by atoms with E-state index in [2.05, 4.69) is 16.1 Å². The smallest absolute Gasteiger partial charge is 0.336 e. The summed E-state index contributed by atoms with van der Waals surface area (Å²) in [6.45, 7) is 3.29. The monoisotopic (exact) mass is 214 g/mol. The molecule has 0 saturated carbocycles. The minimum absolute atomic E-state index is 0.129. The van der Waals surface area contributed by atoms with Crippen LogP contribution in [-0.2, 0) is 19.1 Å². The molecule has 1 rings (SSSR count). The first-order valence-electron chi connectivity index (χ1n) is 4.02. The second-order valence-electron chi connectivity index (χ2n) is 2.85. The molecule has 6 heteroatoms. The largest absolute Gasteiger partial charge is 0.466 e. The van der Waals surface area contributed by atoms with Crippen molar-refractivity contribution >= 4 is 11.9 Å². The Hall–Kier alpha value is -1.66. The summed E-state index contributed by atoms with van der Waals surface area (Å²) >= 11 is 0. The second kappa shape index (κ2) is 4.24. The minimum atomic E-state index is -1.55. The third-order valence-electron chi connectivity index (χ3n) is 1.89. The van der Waals surface area contributed by atoms with Crippen LogP contribution in [0.25, 0.3) is 0 Å². The second-order valence-corrected chi connectivity index (χ2v) is 2.85. The van der Waals surface area contributed by atoms with Gasteiger partial charge in [-0.05, 0) is 0 Å². The van der Waals surface area contributed by atoms with Crippen LogP contribution in [0.2, 0.25) is 0 Å². The summed E-state index contributed by atoms with van der Waals surface area (Å²) < 4.78 is 8.65. The van der Waals surface area contributed by atoms with E-state index in [0.29, 0.717) is 0 Å². The molecule has 2 atom stereocenters. The standard InChI is InChI=1S/C9H10O6/c1-4(8(12)14-2)7(11)5-3-6(10)15-9(5)13/h3,7,9,11,13H,1H2,2H3. The van der Waals surface area contributed by atoms with Crippen LogP contribution in [0.1, 0.15) is 0 Å². The lowest BCUT2D eigenvalue weighted by Gasteiger charge is -2.14. The van der Waals surface area contributed by atoms with E-state index in [0.717, 1.165) is 13.2 Å². The molecule has 2 N–H and O–H groups in total. The maximum absolute atomic E-state index is 11.0. The van der Waals surface area contributed by atoms with Gasteiger partial charge in [-0.3, -0.25) is 0 Å². The Kier molecular flexibility index (Phi) is 3.23. The lowest BCUT2D eigenvalue weighted by atomic mass is 10.0. The predicted octanol–water partition coefficient (Wildman–Crippen LogP) is -1.12. The van der Waals surface area contributed by atoms with Crippen LogP contribution >= 0.6 is 0 Å². The highest BCUT2D eigenvalue weighted by molar-refractivity contribution is 5.91. The van der Waals surface area contributed by atoms with E-state index in [4.69, 9.17) is 5.11 Å². The van der Waals surface area contributed by atoms with Crippen molar-refractivity contribution in [3.63, 3.8) is 0 Å². The van der Waals surface area contributed by atoms with E-state index in [1.807, 2.05) is 0 Å². The molecule has 0 aromatic rings. The zero-order valence-corrected chi connectivity index (χ0v) is 7.97. The van der Waals surface area contributed by atoms with E-state index in [9.17, 15) is 14.7 Å². The van der Waals surface area contributed by atoms with Crippen LogP contribution in [0.4, 0.5) is 0 Å². The maximum Gasteiger partial charge on any atom is 0.336 e. The van der Waals surface area contributed by atoms with Crippen molar-refractivity contribution in [1.29, 1.82) is 0 Å². The molecule has 0 amide bonds. The Labute approximate surface area is 85.4 Å². The molecular weight excluding hydrogens is 204 g/mol. The van der Waals surface area contributed by atoms with Crippen LogP contribution < -0.4 is 0 Å². The van der Waals surface area contributed by atoms with E-state index >= 15 is 0 Å². The van der Waals surface area contributed by atoms with Crippen molar-refractivity contribution in [3.05, 3.63) is 23.8 Å². The van der Waals surface area contributed by atoms with Crippen LogP contribution in [0.15, 0.2) is 23.8 Å². The average molecular weight is 214 g/mol. The zero-order chi connectivity index (χ0) is 11.6. The molecule has 0 radical (unpaired) electrons. The number of methoxy groups -OCH3 is 1. The van der Waals surface area contributed by atoms with Gasteiger partial charge < -0.3 is 19.7 Å². The molecule has 2 unspecified atom stereocenters. The maximum atomic E-state index is 11.0. The van der Waals surface area contributed by atoms with Gasteiger partial charge in [-0.2, -0.15) is 0 Å². The first-order valence-corrected chi connectivity index (χ1v) is 4.02. The fraction of sp³-hybridized carbons (Fsp3) is 0.333. The first kappa shape index (κ1) is 11.4. The highest BCUT2D eigenvalue weighted by atomic mass is 16.6. The molecule has 0 fully saturated rings. The molecule has 0 saturated heterocycles. The number of aliphatic hydroxyl groups is 2. The molecule has 0 aliphatic carbocycles. The van der Waals surface area contributed by atoms with Crippen LogP contribution in [0.5, 0.6) is 0 Å². The molecule has 15 heavy (non-hydrogen) atoms. The summed E-state index contributed by atoms with van der Waals surface area (Å²) in [6.07, 6.45) is -2.13. The normalized spacial score (nSPS) is 21.7. The molecule has 82 valence electrons. The predicted molar refractivity (Wildman–Crippen MR) is 47.3 cm³/mol. The summed E-state index contributed by atoms with van der Waals surface area (Å²) in [5.74, 6) is -1.61. The number of carbonyl (C=O) groups is 2. The Morgan fingerprint density at radius 2 is 2.33 bits per heavy atom. The van der Waals surface area contributed by atoms with E-state index in [1.54, 1.807) is 0 Å². The molecule has 1 heterocycles. The summed E-state index contributed by atoms with van der Waals surface area (Å²) in [5, 5.41) is 18.7. The Morgan fingerprint density at radius 1 is 1.73 bits per heavy atom.